The second-order valence-corrected chi connectivity index (χ2v) is 9.08. The number of H-pyrrole nitrogens is 2. The molecular weight excluding hydrogens is 448 g/mol. The van der Waals surface area contributed by atoms with Gasteiger partial charge in [-0.2, -0.15) is 0 Å². The van der Waals surface area contributed by atoms with Crippen LogP contribution in [0.1, 0.15) is 15.9 Å². The third-order valence-corrected chi connectivity index (χ3v) is 6.65. The number of anilines is 2. The van der Waals surface area contributed by atoms with Crippen molar-refractivity contribution < 1.29 is 4.79 Å². The maximum absolute atomic E-state index is 12.9. The lowest BCUT2D eigenvalue weighted by molar-refractivity contribution is 0.102. The molecule has 8 nitrogen and oxygen atoms in total. The molecule has 0 saturated heterocycles. The molecule has 166 valence electrons. The number of nitrogens with zero attached hydrogens (tertiary/aromatic N) is 2. The number of nitrogens with one attached hydrogen (secondary N) is 3. The maximum atomic E-state index is 12.9. The summed E-state index contributed by atoms with van der Waals surface area (Å²) in [6.07, 6.45) is 0. The smallest absolute Gasteiger partial charge is 0.276 e. The van der Waals surface area contributed by atoms with Crippen LogP contribution in [0.3, 0.4) is 0 Å². The highest BCUT2D eigenvalue weighted by atomic mass is 32.1. The monoisotopic (exact) mass is 466 g/mol. The van der Waals surface area contributed by atoms with E-state index in [0.29, 0.717) is 44.0 Å². The van der Waals surface area contributed by atoms with Crippen LogP contribution in [0.2, 0.25) is 0 Å². The van der Waals surface area contributed by atoms with Gasteiger partial charge >= 0.3 is 0 Å². The number of aromatic amines is 2. The van der Waals surface area contributed by atoms with Gasteiger partial charge in [0.2, 0.25) is 0 Å². The van der Waals surface area contributed by atoms with Crippen molar-refractivity contribution in [2.24, 2.45) is 0 Å². The van der Waals surface area contributed by atoms with E-state index in [1.807, 2.05) is 43.3 Å². The van der Waals surface area contributed by atoms with Gasteiger partial charge in [0.05, 0.1) is 32.6 Å². The lowest BCUT2D eigenvalue weighted by atomic mass is 10.1. The number of thiazole rings is 1. The summed E-state index contributed by atoms with van der Waals surface area (Å²) in [6, 6.07) is 18.5. The fourth-order valence-electron chi connectivity index (χ4n) is 4.00. The van der Waals surface area contributed by atoms with Gasteiger partial charge in [0, 0.05) is 16.5 Å². The van der Waals surface area contributed by atoms with Crippen LogP contribution >= 0.6 is 11.3 Å². The Morgan fingerprint density at radius 1 is 0.971 bits per heavy atom. The average Bonchev–Trinajstić information content (AvgIpc) is 3.37. The lowest BCUT2D eigenvalue weighted by Gasteiger charge is -2.03. The van der Waals surface area contributed by atoms with Crippen molar-refractivity contribution in [2.75, 3.05) is 11.1 Å². The number of aromatic nitrogens is 4. The molecule has 0 bridgehead atoms. The summed E-state index contributed by atoms with van der Waals surface area (Å²) < 4.78 is 1.00. The van der Waals surface area contributed by atoms with E-state index < -0.39 is 0 Å². The molecule has 0 saturated carbocycles. The Morgan fingerprint density at radius 2 is 1.82 bits per heavy atom. The number of nitrogen functional groups attached to an aromatic ring is 1. The number of hydrogen-bond donors (Lipinski definition) is 4. The van der Waals surface area contributed by atoms with Gasteiger partial charge < -0.3 is 15.7 Å². The van der Waals surface area contributed by atoms with Crippen LogP contribution in [0.15, 0.2) is 65.5 Å². The number of benzene rings is 3. The first kappa shape index (κ1) is 20.1. The van der Waals surface area contributed by atoms with Crippen LogP contribution in [0.5, 0.6) is 0 Å². The van der Waals surface area contributed by atoms with Gasteiger partial charge in [0.15, 0.2) is 10.8 Å². The number of para-hydroxylation sites is 2. The fraction of sp³-hybridized carbons (Fsp3) is 0.0400. The molecule has 3 heterocycles. The van der Waals surface area contributed by atoms with E-state index in [4.69, 9.17) is 5.73 Å². The molecule has 0 fully saturated rings. The third kappa shape index (κ3) is 3.30. The number of aryl methyl sites for hydroxylation is 1. The molecule has 1 amide bonds. The first-order valence-electron chi connectivity index (χ1n) is 10.6. The summed E-state index contributed by atoms with van der Waals surface area (Å²) in [5.41, 5.74) is 11.4. The molecule has 34 heavy (non-hydrogen) atoms. The Labute approximate surface area is 196 Å². The van der Waals surface area contributed by atoms with E-state index in [0.717, 1.165) is 15.8 Å². The molecule has 0 aliphatic rings. The topological polar surface area (TPSA) is 130 Å². The zero-order valence-corrected chi connectivity index (χ0v) is 18.8. The molecule has 3 aromatic carbocycles. The van der Waals surface area contributed by atoms with Crippen LogP contribution < -0.4 is 16.6 Å². The van der Waals surface area contributed by atoms with E-state index >= 15 is 0 Å². The van der Waals surface area contributed by atoms with Crippen LogP contribution in [-0.4, -0.2) is 25.8 Å². The van der Waals surface area contributed by atoms with Gasteiger partial charge in [-0.15, -0.1) is 0 Å². The molecule has 0 unspecified atom stereocenters. The number of carbonyl (C=O) groups excluding carboxylic acids is 1. The molecule has 0 aliphatic heterocycles. The van der Waals surface area contributed by atoms with E-state index in [2.05, 4.69) is 25.3 Å². The molecular formula is C25H18N6O2S. The summed E-state index contributed by atoms with van der Waals surface area (Å²) in [5.74, 6) is -0.290. The molecule has 3 aromatic heterocycles. The van der Waals surface area contributed by atoms with Crippen molar-refractivity contribution in [1.82, 2.24) is 19.9 Å². The van der Waals surface area contributed by atoms with Crippen LogP contribution in [0.25, 0.3) is 43.5 Å². The normalized spacial score (nSPS) is 11.4. The fourth-order valence-corrected chi connectivity index (χ4v) is 4.84. The Balaban J connectivity index is 1.37. The standard InChI is InChI=1S/C25H18N6O2S/c1-12-6-9-19-18(10-12)30-25(34-19)31-23(32)13-7-8-15-14(11-13)20(26)21(27-15)22-24(33)29-17-5-3-2-4-16(17)28-22/h2-11,27H,26H2,1H3,(H,29,33)(H,30,31,32). The molecule has 0 aliphatic carbocycles. The van der Waals surface area contributed by atoms with Crippen molar-refractivity contribution in [3.05, 3.63) is 82.1 Å². The highest BCUT2D eigenvalue weighted by molar-refractivity contribution is 7.22. The highest BCUT2D eigenvalue weighted by Crippen LogP contribution is 2.32. The lowest BCUT2D eigenvalue weighted by Crippen LogP contribution is -2.12. The minimum Gasteiger partial charge on any atom is -0.396 e. The molecule has 0 atom stereocenters. The van der Waals surface area contributed by atoms with Crippen molar-refractivity contribution in [3.8, 4) is 11.4 Å². The number of carbonyl (C=O) groups is 1. The molecule has 5 N–H and O–H groups in total. The van der Waals surface area contributed by atoms with E-state index in [1.54, 1.807) is 24.3 Å². The Hall–Kier alpha value is -4.50. The first-order valence-corrected chi connectivity index (χ1v) is 11.4. The number of hydrogen-bond acceptors (Lipinski definition) is 6. The zero-order valence-electron chi connectivity index (χ0n) is 18.0. The Bertz CT molecular complexity index is 1810. The number of fused-ring (bicyclic) bond motifs is 3. The summed E-state index contributed by atoms with van der Waals surface area (Å²) in [5, 5.41) is 4.03. The largest absolute Gasteiger partial charge is 0.396 e. The highest BCUT2D eigenvalue weighted by Gasteiger charge is 2.18. The molecule has 6 rings (SSSR count). The van der Waals surface area contributed by atoms with E-state index in [9.17, 15) is 9.59 Å². The molecule has 0 spiro atoms. The Kier molecular flexibility index (Phi) is 4.46. The maximum Gasteiger partial charge on any atom is 0.276 e. The minimum absolute atomic E-state index is 0.197. The predicted molar refractivity (Wildman–Crippen MR) is 136 cm³/mol. The third-order valence-electron chi connectivity index (χ3n) is 5.70. The second-order valence-electron chi connectivity index (χ2n) is 8.05. The van der Waals surface area contributed by atoms with Crippen LogP contribution in [0, 0.1) is 6.92 Å². The zero-order chi connectivity index (χ0) is 23.4. The van der Waals surface area contributed by atoms with Gasteiger partial charge in [-0.1, -0.05) is 29.5 Å². The number of nitrogens with two attached hydrogens (primary N) is 1. The van der Waals surface area contributed by atoms with Crippen molar-refractivity contribution in [1.29, 1.82) is 0 Å². The average molecular weight is 467 g/mol. The summed E-state index contributed by atoms with van der Waals surface area (Å²) in [4.78, 5) is 40.6. The van der Waals surface area contributed by atoms with Crippen LogP contribution in [-0.2, 0) is 0 Å². The van der Waals surface area contributed by atoms with Crippen LogP contribution in [0.4, 0.5) is 10.8 Å². The van der Waals surface area contributed by atoms with E-state index in [-0.39, 0.29) is 17.2 Å². The predicted octanol–water partition coefficient (Wildman–Crippen LogP) is 4.82. The summed E-state index contributed by atoms with van der Waals surface area (Å²) in [7, 11) is 0. The Morgan fingerprint density at radius 3 is 2.71 bits per heavy atom. The van der Waals surface area contributed by atoms with Crippen molar-refractivity contribution >= 4 is 60.2 Å². The van der Waals surface area contributed by atoms with Gasteiger partial charge in [-0.05, 0) is 55.0 Å². The summed E-state index contributed by atoms with van der Waals surface area (Å²) in [6.45, 7) is 2.00. The first-order chi connectivity index (χ1) is 16.5. The van der Waals surface area contributed by atoms with Crippen molar-refractivity contribution in [2.45, 2.75) is 6.92 Å². The molecule has 9 heteroatoms. The minimum atomic E-state index is -0.346. The molecule has 6 aromatic rings. The number of rotatable bonds is 3. The van der Waals surface area contributed by atoms with E-state index in [1.165, 1.54) is 11.3 Å². The molecule has 0 radical (unpaired) electrons. The SMILES string of the molecule is Cc1ccc2sc(NC(=O)c3ccc4[nH]c(-c5nc6ccccc6[nH]c5=O)c(N)c4c3)nc2c1. The van der Waals surface area contributed by atoms with Gasteiger partial charge in [-0.3, -0.25) is 14.9 Å². The van der Waals surface area contributed by atoms with Gasteiger partial charge in [0.25, 0.3) is 11.5 Å². The quantitative estimate of drug-likeness (QED) is 0.297. The summed E-state index contributed by atoms with van der Waals surface area (Å²) >= 11 is 1.42. The van der Waals surface area contributed by atoms with Crippen molar-refractivity contribution in [3.63, 3.8) is 0 Å². The van der Waals surface area contributed by atoms with Gasteiger partial charge in [-0.25, -0.2) is 9.97 Å². The second kappa shape index (κ2) is 7.53. The number of amides is 1. The van der Waals surface area contributed by atoms with Gasteiger partial charge in [0.1, 0.15) is 0 Å².